The first-order valence-corrected chi connectivity index (χ1v) is 6.19. The summed E-state index contributed by atoms with van der Waals surface area (Å²) in [7, 11) is 0. The Morgan fingerprint density at radius 1 is 1.39 bits per heavy atom. The Balaban J connectivity index is 4.31. The molecule has 0 aromatic rings. The number of nitrogens with zero attached hydrogens (tertiary/aromatic N) is 1. The maximum absolute atomic E-state index is 11.6. The van der Waals surface area contributed by atoms with Crippen LogP contribution in [0.25, 0.3) is 0 Å². The highest BCUT2D eigenvalue weighted by Gasteiger charge is 2.22. The fourth-order valence-electron chi connectivity index (χ4n) is 0.985. The van der Waals surface area contributed by atoms with Crippen LogP contribution in [0, 0.1) is 0 Å². The number of allylic oxidation sites excluding steroid dienone is 1. The second-order valence-electron chi connectivity index (χ2n) is 3.35. The van der Waals surface area contributed by atoms with Crippen molar-refractivity contribution in [2.75, 3.05) is 5.88 Å². The van der Waals surface area contributed by atoms with Gasteiger partial charge in [-0.2, -0.15) is 0 Å². The van der Waals surface area contributed by atoms with Gasteiger partial charge in [0.1, 0.15) is 6.04 Å². The van der Waals surface area contributed by atoms with Gasteiger partial charge in [-0.25, -0.2) is 9.69 Å². The van der Waals surface area contributed by atoms with E-state index in [1.165, 1.54) is 0 Å². The van der Waals surface area contributed by atoms with Crippen molar-refractivity contribution in [1.82, 2.24) is 4.90 Å². The lowest BCUT2D eigenvalue weighted by Gasteiger charge is -2.16. The van der Waals surface area contributed by atoms with Crippen LogP contribution in [0.5, 0.6) is 0 Å². The highest BCUT2D eigenvalue weighted by atomic mass is 32.2. The maximum Gasteiger partial charge on any atom is 0.414 e. The van der Waals surface area contributed by atoms with Gasteiger partial charge in [-0.3, -0.25) is 9.59 Å². The van der Waals surface area contributed by atoms with E-state index < -0.39 is 24.0 Å². The molecule has 0 rings (SSSR count). The number of carbonyl (C=O) groups is 3. The first-order valence-electron chi connectivity index (χ1n) is 5.14. The number of rotatable bonds is 7. The third kappa shape index (κ3) is 6.26. The third-order valence-corrected chi connectivity index (χ3v) is 2.83. The van der Waals surface area contributed by atoms with Crippen molar-refractivity contribution < 1.29 is 24.6 Å². The zero-order chi connectivity index (χ0) is 14.1. The number of carbonyl (C=O) groups excluding carboxylic acids is 1. The molecule has 0 aromatic heterocycles. The lowest BCUT2D eigenvalue weighted by molar-refractivity contribution is -0.138. The Labute approximate surface area is 109 Å². The molecule has 0 aliphatic carbocycles. The van der Waals surface area contributed by atoms with E-state index in [1.54, 1.807) is 18.4 Å². The predicted molar refractivity (Wildman–Crippen MR) is 67.0 cm³/mol. The quantitative estimate of drug-likeness (QED) is 0.591. The lowest BCUT2D eigenvalue weighted by atomic mass is 10.1. The lowest BCUT2D eigenvalue weighted by Crippen LogP contribution is -2.37. The van der Waals surface area contributed by atoms with Crippen molar-refractivity contribution in [3.05, 3.63) is 11.5 Å². The number of nitrogens with two attached hydrogens (primary N) is 1. The summed E-state index contributed by atoms with van der Waals surface area (Å²) in [4.78, 5) is 33.5. The number of hydrogen-bond donors (Lipinski definition) is 3. The largest absolute Gasteiger partial charge is 0.480 e. The van der Waals surface area contributed by atoms with E-state index in [2.05, 4.69) is 0 Å². The molecule has 1 unspecified atom stereocenters. The van der Waals surface area contributed by atoms with Crippen molar-refractivity contribution in [2.24, 2.45) is 5.73 Å². The molecular formula is C10H16N2O5S. The molecule has 0 fully saturated rings. The molecule has 0 spiro atoms. The van der Waals surface area contributed by atoms with Crippen LogP contribution in [0.2, 0.25) is 0 Å². The highest BCUT2D eigenvalue weighted by Crippen LogP contribution is 2.09. The summed E-state index contributed by atoms with van der Waals surface area (Å²) < 4.78 is 0. The Kier molecular flexibility index (Phi) is 7.81. The van der Waals surface area contributed by atoms with E-state index >= 15 is 0 Å². The molecule has 0 radical (unpaired) electrons. The molecule has 0 saturated heterocycles. The van der Waals surface area contributed by atoms with Crippen molar-refractivity contribution >= 4 is 29.7 Å². The standard InChI is InChI=1S/C10H16N2O5S/c1-2-5-18-6-12(10(16)17)8(13)4-3-7(11)9(14)15/h2,5,7H,3-4,6,11H2,1H3,(H,14,15)(H,16,17). The first kappa shape index (κ1) is 16.5. The molecule has 0 aliphatic heterocycles. The van der Waals surface area contributed by atoms with Crippen molar-refractivity contribution in [2.45, 2.75) is 25.8 Å². The van der Waals surface area contributed by atoms with Crippen LogP contribution in [-0.4, -0.2) is 45.0 Å². The molecule has 0 aliphatic rings. The fraction of sp³-hybridized carbons (Fsp3) is 0.500. The molecule has 2 amide bonds. The Bertz CT molecular complexity index is 345. The average molecular weight is 276 g/mol. The molecule has 0 heterocycles. The summed E-state index contributed by atoms with van der Waals surface area (Å²) in [6.07, 6.45) is 0.0543. The minimum absolute atomic E-state index is 0.0270. The molecule has 8 heteroatoms. The monoisotopic (exact) mass is 276 g/mol. The zero-order valence-corrected chi connectivity index (χ0v) is 10.7. The van der Waals surface area contributed by atoms with Gasteiger partial charge in [0.05, 0.1) is 5.88 Å². The summed E-state index contributed by atoms with van der Waals surface area (Å²) in [5.41, 5.74) is 5.23. The van der Waals surface area contributed by atoms with Crippen molar-refractivity contribution in [3.63, 3.8) is 0 Å². The van der Waals surface area contributed by atoms with Crippen LogP contribution in [0.4, 0.5) is 4.79 Å². The van der Waals surface area contributed by atoms with E-state index in [0.29, 0.717) is 4.90 Å². The number of amides is 2. The minimum atomic E-state index is -1.36. The predicted octanol–water partition coefficient (Wildman–Crippen LogP) is 0.909. The average Bonchev–Trinajstić information content (AvgIpc) is 2.30. The van der Waals surface area contributed by atoms with E-state index in [-0.39, 0.29) is 18.7 Å². The number of carboxylic acid groups (broad SMARTS) is 2. The summed E-state index contributed by atoms with van der Waals surface area (Å²) in [5.74, 6) is -1.90. The van der Waals surface area contributed by atoms with Gasteiger partial charge in [0, 0.05) is 6.42 Å². The van der Waals surface area contributed by atoms with Gasteiger partial charge in [-0.15, -0.1) is 11.8 Å². The topological polar surface area (TPSA) is 121 Å². The van der Waals surface area contributed by atoms with Crippen molar-refractivity contribution in [3.8, 4) is 0 Å². The fourth-order valence-corrected chi connectivity index (χ4v) is 1.67. The molecule has 4 N–H and O–H groups in total. The molecule has 0 bridgehead atoms. The third-order valence-electron chi connectivity index (χ3n) is 1.95. The minimum Gasteiger partial charge on any atom is -0.480 e. The summed E-state index contributed by atoms with van der Waals surface area (Å²) in [6, 6.07) is -1.16. The van der Waals surface area contributed by atoms with Gasteiger partial charge in [-0.05, 0) is 18.8 Å². The van der Waals surface area contributed by atoms with Gasteiger partial charge in [-0.1, -0.05) is 6.08 Å². The van der Waals surface area contributed by atoms with Crippen LogP contribution in [0.15, 0.2) is 11.5 Å². The van der Waals surface area contributed by atoms with Gasteiger partial charge in [0.15, 0.2) is 0 Å². The molecule has 0 saturated carbocycles. The summed E-state index contributed by atoms with van der Waals surface area (Å²) in [5, 5.41) is 19.0. The van der Waals surface area contributed by atoms with Crippen LogP contribution >= 0.6 is 11.8 Å². The maximum atomic E-state index is 11.6. The molecular weight excluding hydrogens is 260 g/mol. The second kappa shape index (κ2) is 8.54. The molecule has 102 valence electrons. The normalized spacial score (nSPS) is 12.3. The van der Waals surface area contributed by atoms with Gasteiger partial charge in [0.2, 0.25) is 5.91 Å². The number of carboxylic acids is 1. The molecule has 7 nitrogen and oxygen atoms in total. The van der Waals surface area contributed by atoms with E-state index in [9.17, 15) is 14.4 Å². The van der Waals surface area contributed by atoms with Gasteiger partial charge < -0.3 is 15.9 Å². The first-order chi connectivity index (χ1) is 8.40. The Hall–Kier alpha value is -1.54. The van der Waals surface area contributed by atoms with Crippen LogP contribution in [0.1, 0.15) is 19.8 Å². The van der Waals surface area contributed by atoms with E-state index in [1.807, 2.05) is 0 Å². The molecule has 0 aromatic carbocycles. The molecule has 1 atom stereocenters. The Morgan fingerprint density at radius 3 is 2.44 bits per heavy atom. The van der Waals surface area contributed by atoms with Crippen LogP contribution in [-0.2, 0) is 9.59 Å². The smallest absolute Gasteiger partial charge is 0.414 e. The second-order valence-corrected chi connectivity index (χ2v) is 4.22. The van der Waals surface area contributed by atoms with Gasteiger partial charge >= 0.3 is 12.1 Å². The van der Waals surface area contributed by atoms with Crippen LogP contribution < -0.4 is 5.73 Å². The van der Waals surface area contributed by atoms with Crippen molar-refractivity contribution in [1.29, 1.82) is 0 Å². The van der Waals surface area contributed by atoms with E-state index in [4.69, 9.17) is 15.9 Å². The Morgan fingerprint density at radius 2 is 2.00 bits per heavy atom. The highest BCUT2D eigenvalue weighted by molar-refractivity contribution is 8.02. The number of thioether (sulfide) groups is 1. The number of hydrogen-bond acceptors (Lipinski definition) is 5. The van der Waals surface area contributed by atoms with Crippen LogP contribution in [0.3, 0.4) is 0 Å². The van der Waals surface area contributed by atoms with Gasteiger partial charge in [0.25, 0.3) is 0 Å². The summed E-state index contributed by atoms with van der Waals surface area (Å²) >= 11 is 1.15. The number of aliphatic carboxylic acids is 1. The van der Waals surface area contributed by atoms with E-state index in [0.717, 1.165) is 11.8 Å². The zero-order valence-electron chi connectivity index (χ0n) is 9.91. The molecule has 18 heavy (non-hydrogen) atoms. The summed E-state index contributed by atoms with van der Waals surface area (Å²) in [6.45, 7) is 1.77. The number of imide groups is 1. The SMILES string of the molecule is CC=CSCN(C(=O)O)C(=O)CCC(N)C(=O)O.